The molecule has 0 aliphatic carbocycles. The highest BCUT2D eigenvalue weighted by Gasteiger charge is 2.12. The molecule has 132 valence electrons. The molecule has 0 bridgehead atoms. The van der Waals surface area contributed by atoms with Crippen LogP contribution >= 0.6 is 11.6 Å². The molecule has 0 aromatic heterocycles. The third-order valence-electron chi connectivity index (χ3n) is 4.09. The molecule has 4 heteroatoms. The molecule has 3 aromatic rings. The molecule has 3 rings (SSSR count). The van der Waals surface area contributed by atoms with Gasteiger partial charge < -0.3 is 4.74 Å². The van der Waals surface area contributed by atoms with Crippen LogP contribution in [0.5, 0.6) is 5.75 Å². The lowest BCUT2D eigenvalue weighted by atomic mass is 10.0. The molecule has 0 spiro atoms. The van der Waals surface area contributed by atoms with Gasteiger partial charge in [-0.1, -0.05) is 54.1 Å². The Bertz CT molecular complexity index is 923. The van der Waals surface area contributed by atoms with Gasteiger partial charge in [0.25, 0.3) is 0 Å². The van der Waals surface area contributed by atoms with E-state index in [2.05, 4.69) is 5.32 Å². The molecule has 0 atom stereocenters. The number of aryl methyl sites for hydroxylation is 2. The van der Waals surface area contributed by atoms with Gasteiger partial charge in [-0.2, -0.15) is 0 Å². The summed E-state index contributed by atoms with van der Waals surface area (Å²) in [6.07, 6.45) is 0.114. The maximum absolute atomic E-state index is 12.4. The molecule has 0 radical (unpaired) electrons. The summed E-state index contributed by atoms with van der Waals surface area (Å²) in [5.41, 5.74) is 4.78. The predicted molar refractivity (Wildman–Crippen MR) is 106 cm³/mol. The van der Waals surface area contributed by atoms with Gasteiger partial charge in [-0.3, -0.25) is 5.32 Å². The van der Waals surface area contributed by atoms with Gasteiger partial charge in [0, 0.05) is 22.7 Å². The molecule has 0 aliphatic heterocycles. The number of ether oxygens (including phenoxy) is 1. The fourth-order valence-corrected chi connectivity index (χ4v) is 2.90. The predicted octanol–water partition coefficient (Wildman–Crippen LogP) is 6.16. The molecular formula is C22H20ClNO2. The molecule has 0 saturated carbocycles. The maximum Gasteiger partial charge on any atom is 0.417 e. The van der Waals surface area contributed by atoms with Gasteiger partial charge in [0.1, 0.15) is 5.75 Å². The van der Waals surface area contributed by atoms with E-state index in [0.29, 0.717) is 17.2 Å². The summed E-state index contributed by atoms with van der Waals surface area (Å²) >= 11 is 6.13. The Morgan fingerprint density at radius 1 is 1.00 bits per heavy atom. The van der Waals surface area contributed by atoms with Crippen molar-refractivity contribution in [2.45, 2.75) is 20.3 Å². The molecular weight excluding hydrogens is 346 g/mol. The minimum absolute atomic E-state index is 0.501. The standard InChI is InChI=1S/C22H20ClNO2/c1-15-8-9-16(2)20(12-15)24-22(25)26-21-11-10-19(23)14-18(21)13-17-6-4-3-5-7-17/h3-12,14H,13H2,1-2H3,(H,24,25). The molecule has 0 unspecified atom stereocenters. The Morgan fingerprint density at radius 3 is 2.54 bits per heavy atom. The molecule has 1 N–H and O–H groups in total. The molecule has 0 heterocycles. The van der Waals surface area contributed by atoms with Crippen molar-refractivity contribution in [1.82, 2.24) is 0 Å². The number of amides is 1. The van der Waals surface area contributed by atoms with Gasteiger partial charge >= 0.3 is 6.09 Å². The van der Waals surface area contributed by atoms with Crippen LogP contribution in [0.2, 0.25) is 5.02 Å². The zero-order valence-corrected chi connectivity index (χ0v) is 15.5. The first-order chi connectivity index (χ1) is 12.5. The Balaban J connectivity index is 1.78. The van der Waals surface area contributed by atoms with Crippen molar-refractivity contribution in [3.05, 3.63) is 94.0 Å². The van der Waals surface area contributed by atoms with Crippen LogP contribution in [-0.2, 0) is 6.42 Å². The third kappa shape index (κ3) is 4.64. The van der Waals surface area contributed by atoms with Crippen LogP contribution in [0, 0.1) is 13.8 Å². The number of anilines is 1. The normalized spacial score (nSPS) is 10.4. The van der Waals surface area contributed by atoms with E-state index < -0.39 is 6.09 Å². The van der Waals surface area contributed by atoms with Crippen molar-refractivity contribution >= 4 is 23.4 Å². The molecule has 0 saturated heterocycles. The van der Waals surface area contributed by atoms with Crippen molar-refractivity contribution in [2.75, 3.05) is 5.32 Å². The Hall–Kier alpha value is -2.78. The van der Waals surface area contributed by atoms with Crippen LogP contribution in [-0.4, -0.2) is 6.09 Å². The van der Waals surface area contributed by atoms with E-state index in [1.807, 2.05) is 68.4 Å². The first-order valence-corrected chi connectivity index (χ1v) is 8.77. The number of hydrogen-bond donors (Lipinski definition) is 1. The fourth-order valence-electron chi connectivity index (χ4n) is 2.71. The fraction of sp³-hybridized carbons (Fsp3) is 0.136. The second-order valence-electron chi connectivity index (χ2n) is 6.25. The first kappa shape index (κ1) is 18.0. The highest BCUT2D eigenvalue weighted by Crippen LogP contribution is 2.26. The average Bonchev–Trinajstić information content (AvgIpc) is 2.61. The Kier molecular flexibility index (Phi) is 5.59. The van der Waals surface area contributed by atoms with Crippen molar-refractivity contribution < 1.29 is 9.53 Å². The number of carbonyl (C=O) groups is 1. The van der Waals surface area contributed by atoms with Crippen LogP contribution in [0.15, 0.2) is 66.7 Å². The molecule has 3 nitrogen and oxygen atoms in total. The summed E-state index contributed by atoms with van der Waals surface area (Å²) in [7, 11) is 0. The number of carbonyl (C=O) groups excluding carboxylic acids is 1. The number of halogens is 1. The second-order valence-corrected chi connectivity index (χ2v) is 6.68. The van der Waals surface area contributed by atoms with Crippen LogP contribution in [0.4, 0.5) is 10.5 Å². The van der Waals surface area contributed by atoms with E-state index >= 15 is 0 Å². The van der Waals surface area contributed by atoms with Gasteiger partial charge in [0.15, 0.2) is 0 Å². The topological polar surface area (TPSA) is 38.3 Å². The van der Waals surface area contributed by atoms with Crippen LogP contribution < -0.4 is 10.1 Å². The van der Waals surface area contributed by atoms with Crippen LogP contribution in [0.3, 0.4) is 0 Å². The van der Waals surface area contributed by atoms with Crippen LogP contribution in [0.1, 0.15) is 22.3 Å². The smallest absolute Gasteiger partial charge is 0.410 e. The number of rotatable bonds is 4. The number of hydrogen-bond acceptors (Lipinski definition) is 2. The molecule has 0 fully saturated rings. The van der Waals surface area contributed by atoms with Crippen molar-refractivity contribution in [2.24, 2.45) is 0 Å². The first-order valence-electron chi connectivity index (χ1n) is 8.40. The quantitative estimate of drug-likeness (QED) is 0.601. The highest BCUT2D eigenvalue weighted by atomic mass is 35.5. The Morgan fingerprint density at radius 2 is 1.77 bits per heavy atom. The van der Waals surface area contributed by atoms with Gasteiger partial charge in [0.2, 0.25) is 0 Å². The molecule has 3 aromatic carbocycles. The van der Waals surface area contributed by atoms with E-state index in [4.69, 9.17) is 16.3 Å². The third-order valence-corrected chi connectivity index (χ3v) is 4.33. The average molecular weight is 366 g/mol. The number of benzene rings is 3. The lowest BCUT2D eigenvalue weighted by Crippen LogP contribution is -2.18. The van der Waals surface area contributed by atoms with Gasteiger partial charge in [-0.25, -0.2) is 4.79 Å². The lowest BCUT2D eigenvalue weighted by molar-refractivity contribution is 0.215. The van der Waals surface area contributed by atoms with Crippen molar-refractivity contribution in [3.8, 4) is 5.75 Å². The SMILES string of the molecule is Cc1ccc(C)c(NC(=O)Oc2ccc(Cl)cc2Cc2ccccc2)c1. The van der Waals surface area contributed by atoms with E-state index in [0.717, 1.165) is 27.9 Å². The summed E-state index contributed by atoms with van der Waals surface area (Å²) in [5.74, 6) is 0.501. The number of nitrogens with one attached hydrogen (secondary N) is 1. The lowest BCUT2D eigenvalue weighted by Gasteiger charge is -2.13. The van der Waals surface area contributed by atoms with Gasteiger partial charge in [-0.15, -0.1) is 0 Å². The van der Waals surface area contributed by atoms with E-state index in [-0.39, 0.29) is 0 Å². The van der Waals surface area contributed by atoms with Gasteiger partial charge in [-0.05, 0) is 54.8 Å². The maximum atomic E-state index is 12.4. The molecule has 26 heavy (non-hydrogen) atoms. The van der Waals surface area contributed by atoms with Crippen LogP contribution in [0.25, 0.3) is 0 Å². The highest BCUT2D eigenvalue weighted by molar-refractivity contribution is 6.30. The van der Waals surface area contributed by atoms with Crippen molar-refractivity contribution in [3.63, 3.8) is 0 Å². The van der Waals surface area contributed by atoms with E-state index in [9.17, 15) is 4.79 Å². The molecule has 1 amide bonds. The summed E-state index contributed by atoms with van der Waals surface area (Å²) in [4.78, 5) is 12.4. The van der Waals surface area contributed by atoms with E-state index in [1.54, 1.807) is 12.1 Å². The minimum atomic E-state index is -0.518. The summed E-state index contributed by atoms with van der Waals surface area (Å²) < 4.78 is 5.56. The summed E-state index contributed by atoms with van der Waals surface area (Å²) in [5, 5.41) is 3.42. The molecule has 0 aliphatic rings. The summed E-state index contributed by atoms with van der Waals surface area (Å²) in [6, 6.07) is 21.1. The monoisotopic (exact) mass is 365 g/mol. The van der Waals surface area contributed by atoms with Crippen molar-refractivity contribution in [1.29, 1.82) is 0 Å². The zero-order chi connectivity index (χ0) is 18.5. The second kappa shape index (κ2) is 8.07. The van der Waals surface area contributed by atoms with Gasteiger partial charge in [0.05, 0.1) is 0 Å². The zero-order valence-electron chi connectivity index (χ0n) is 14.8. The largest absolute Gasteiger partial charge is 0.417 e. The summed E-state index contributed by atoms with van der Waals surface area (Å²) in [6.45, 7) is 3.92. The Labute approximate surface area is 158 Å². The minimum Gasteiger partial charge on any atom is -0.410 e. The van der Waals surface area contributed by atoms with E-state index in [1.165, 1.54) is 0 Å².